The summed E-state index contributed by atoms with van der Waals surface area (Å²) in [6, 6.07) is 5.61. The third-order valence-corrected chi connectivity index (χ3v) is 6.97. The third-order valence-electron chi connectivity index (χ3n) is 5.84. The van der Waals surface area contributed by atoms with Gasteiger partial charge >= 0.3 is 40.0 Å². The number of nitrogens with zero attached hydrogens (tertiary/aromatic N) is 3. The van der Waals surface area contributed by atoms with Gasteiger partial charge in [-0.1, -0.05) is 6.07 Å². The van der Waals surface area contributed by atoms with E-state index in [1.165, 1.54) is 14.2 Å². The van der Waals surface area contributed by atoms with Gasteiger partial charge in [-0.05, 0) is 50.9 Å². The van der Waals surface area contributed by atoms with Crippen LogP contribution in [0, 0.1) is 0 Å². The molecule has 3 rings (SSSR count). The molecule has 0 bridgehead atoms. The van der Waals surface area contributed by atoms with Crippen molar-refractivity contribution in [1.29, 1.82) is 0 Å². The molecule has 2 aliphatic rings. The summed E-state index contributed by atoms with van der Waals surface area (Å²) in [5, 5.41) is 0. The molecule has 0 aliphatic carbocycles. The Morgan fingerprint density at radius 2 is 1.09 bits per heavy atom. The fourth-order valence-electron chi connectivity index (χ4n) is 3.96. The molecule has 15 nitrogen and oxygen atoms in total. The number of likely N-dealkylation sites (tertiary alicyclic amines) is 2. The van der Waals surface area contributed by atoms with Crippen LogP contribution in [0.1, 0.15) is 37.1 Å². The van der Waals surface area contributed by atoms with Crippen LogP contribution in [-0.2, 0) is 80.4 Å². The molecule has 45 heavy (non-hydrogen) atoms. The van der Waals surface area contributed by atoms with Gasteiger partial charge in [-0.25, -0.2) is 16.8 Å². The van der Waals surface area contributed by atoms with Crippen LogP contribution in [0.4, 0.5) is 26.3 Å². The van der Waals surface area contributed by atoms with Crippen LogP contribution >= 0.6 is 0 Å². The van der Waals surface area contributed by atoms with E-state index >= 15 is 0 Å². The Kier molecular flexibility index (Phi) is 20.5. The molecule has 0 radical (unpaired) electrons. The minimum absolute atomic E-state index is 0. The summed E-state index contributed by atoms with van der Waals surface area (Å²) in [6.45, 7) is 3.02. The Bertz CT molecular complexity index is 1190. The molecule has 0 aromatic carbocycles. The number of carbonyl (C=O) groups is 2. The van der Waals surface area contributed by atoms with Crippen molar-refractivity contribution in [1.82, 2.24) is 14.8 Å². The monoisotopic (exact) mass is 753 g/mol. The maximum atomic E-state index is 11.9. The molecule has 2 fully saturated rings. The number of methoxy groups -OCH3 is 2. The number of pyridine rings is 1. The summed E-state index contributed by atoms with van der Waals surface area (Å²) in [6.07, 6.45) is 3.66. The van der Waals surface area contributed by atoms with E-state index in [4.69, 9.17) is 40.4 Å². The van der Waals surface area contributed by atoms with Gasteiger partial charge in [-0.3, -0.25) is 24.4 Å². The van der Waals surface area contributed by atoms with E-state index in [0.29, 0.717) is 13.1 Å². The molecule has 264 valence electrons. The molecule has 1 aromatic rings. The van der Waals surface area contributed by atoms with Crippen molar-refractivity contribution in [2.75, 3.05) is 27.3 Å². The number of esters is 2. The van der Waals surface area contributed by atoms with E-state index in [1.54, 1.807) is 0 Å². The second-order valence-corrected chi connectivity index (χ2v) is 11.5. The quantitative estimate of drug-likeness (QED) is 0.0898. The van der Waals surface area contributed by atoms with Gasteiger partial charge in [0.25, 0.3) is 0 Å². The number of alkyl halides is 6. The van der Waals surface area contributed by atoms with Crippen molar-refractivity contribution in [3.63, 3.8) is 0 Å². The average Bonchev–Trinajstić information content (AvgIpc) is 3.51. The Morgan fingerprint density at radius 3 is 1.33 bits per heavy atom. The molecule has 0 saturated carbocycles. The van der Waals surface area contributed by atoms with Gasteiger partial charge in [0.05, 0.1) is 25.6 Å². The van der Waals surface area contributed by atoms with Gasteiger partial charge in [0.1, 0.15) is 12.1 Å². The van der Waals surface area contributed by atoms with E-state index < -0.39 is 31.3 Å². The molecule has 0 spiro atoms. The summed E-state index contributed by atoms with van der Waals surface area (Å²) in [7, 11) is -9.31. The summed E-state index contributed by atoms with van der Waals surface area (Å²) in [5.41, 5.74) is -9.42. The fourth-order valence-corrected chi connectivity index (χ4v) is 3.96. The summed E-state index contributed by atoms with van der Waals surface area (Å²) < 4.78 is 128. The van der Waals surface area contributed by atoms with Gasteiger partial charge in [0.15, 0.2) is 20.2 Å². The second-order valence-electron chi connectivity index (χ2n) is 8.72. The number of hydrogen-bond acceptors (Lipinski definition) is 13. The second kappa shape index (κ2) is 19.5. The summed E-state index contributed by atoms with van der Waals surface area (Å²) >= 11 is 0. The Labute approximate surface area is 264 Å². The first-order chi connectivity index (χ1) is 19.1. The zero-order valence-corrected chi connectivity index (χ0v) is 26.3. The van der Waals surface area contributed by atoms with Gasteiger partial charge in [-0.2, -0.15) is 26.3 Å². The average molecular weight is 753 g/mol. The number of rotatable bonds is 6. The number of ether oxygens (including phenoxy) is 2. The molecular formula is C21H33F6FeN3O12S2+2. The van der Waals surface area contributed by atoms with Gasteiger partial charge in [0, 0.05) is 13.1 Å². The van der Waals surface area contributed by atoms with Crippen LogP contribution in [0.5, 0.6) is 0 Å². The number of hydrogen-bond donors (Lipinski definition) is 0. The summed E-state index contributed by atoms with van der Waals surface area (Å²) in [5.74, 6) is -0.340. The molecule has 0 amide bonds. The van der Waals surface area contributed by atoms with Crippen molar-refractivity contribution < 1.29 is 99.4 Å². The van der Waals surface area contributed by atoms with Crippen LogP contribution < -0.4 is 0 Å². The molecule has 2 atom stereocenters. The minimum atomic E-state index is -6.09. The van der Waals surface area contributed by atoms with Gasteiger partial charge < -0.3 is 29.5 Å². The SMILES string of the molecule is COC(=O)[C@@H]1CCCN1Cc1cccc(CN2CCC[C@H]2C(=O)OC)n1.O=S(=O)([O-])C(F)(F)F.O=S(=O)([O-])C(F)(F)F.[Fe+2].[OH3+].[OH3+]. The number of carbonyl (C=O) groups excluding carboxylic acids is 2. The third kappa shape index (κ3) is 15.3. The van der Waals surface area contributed by atoms with Crippen LogP contribution in [0.3, 0.4) is 0 Å². The van der Waals surface area contributed by atoms with E-state index in [-0.39, 0.29) is 52.0 Å². The van der Waals surface area contributed by atoms with Crippen molar-refractivity contribution >= 4 is 32.2 Å². The van der Waals surface area contributed by atoms with E-state index in [1.807, 2.05) is 18.2 Å². The minimum Gasteiger partial charge on any atom is -0.741 e. The fraction of sp³-hybridized carbons (Fsp3) is 0.667. The standard InChI is InChI=1S/C19H27N3O4.2CHF3O3S.Fe.2H2O/c1-25-18(23)16-8-4-10-21(16)12-14-6-3-7-15(20-14)13-22-11-5-9-17(22)19(24)26-2;2*2-1(3,4)8(5,6)7;;;/h3,6-7,16-17H,4-5,8-13H2,1-2H3;2*(H,5,6,7);;2*1H2/q;;;+2;;/t16-,17-;;;;;/m0...../s1. The number of halogens is 6. The first kappa shape index (κ1) is 47.3. The molecule has 6 N–H and O–H groups in total. The first-order valence-corrected chi connectivity index (χ1v) is 14.6. The zero-order valence-electron chi connectivity index (χ0n) is 23.6. The predicted molar refractivity (Wildman–Crippen MR) is 136 cm³/mol. The van der Waals surface area contributed by atoms with Crippen molar-refractivity contribution in [3.05, 3.63) is 29.6 Å². The van der Waals surface area contributed by atoms with Crippen molar-refractivity contribution in [2.45, 2.75) is 61.9 Å². The van der Waals surface area contributed by atoms with E-state index in [9.17, 15) is 35.9 Å². The first-order valence-electron chi connectivity index (χ1n) is 11.7. The molecule has 0 unspecified atom stereocenters. The molecule has 2 aliphatic heterocycles. The van der Waals surface area contributed by atoms with Gasteiger partial charge in [0.2, 0.25) is 0 Å². The smallest absolute Gasteiger partial charge is 0.741 e. The maximum absolute atomic E-state index is 11.9. The summed E-state index contributed by atoms with van der Waals surface area (Å²) in [4.78, 5) is 32.8. The largest absolute Gasteiger partial charge is 2.00 e. The Morgan fingerprint density at radius 1 is 0.800 bits per heavy atom. The molecule has 24 heteroatoms. The molecular weight excluding hydrogens is 720 g/mol. The number of aromatic nitrogens is 1. The Balaban J connectivity index is -0.000000778. The van der Waals surface area contributed by atoms with Crippen LogP contribution in [0.2, 0.25) is 0 Å². The van der Waals surface area contributed by atoms with Crippen molar-refractivity contribution in [3.8, 4) is 0 Å². The van der Waals surface area contributed by atoms with Crippen LogP contribution in [0.25, 0.3) is 0 Å². The maximum Gasteiger partial charge on any atom is 2.00 e. The Hall–Kier alpha value is -2.15. The predicted octanol–water partition coefficient (Wildman–Crippen LogP) is -0.387. The molecule has 2 saturated heterocycles. The van der Waals surface area contributed by atoms with E-state index in [2.05, 4.69) is 9.80 Å². The zero-order chi connectivity index (χ0) is 32.5. The van der Waals surface area contributed by atoms with Crippen LogP contribution in [0.15, 0.2) is 18.2 Å². The van der Waals surface area contributed by atoms with Gasteiger partial charge in [-0.15, -0.1) is 0 Å². The molecule has 1 aromatic heterocycles. The topological polar surface area (TPSA) is 252 Å². The van der Waals surface area contributed by atoms with Crippen molar-refractivity contribution in [2.24, 2.45) is 0 Å². The molecule has 3 heterocycles. The van der Waals surface area contributed by atoms with E-state index in [0.717, 1.165) is 50.2 Å². The normalized spacial score (nSPS) is 18.8. The van der Waals surface area contributed by atoms with Crippen LogP contribution in [-0.4, -0.2) is 103 Å².